The minimum absolute atomic E-state index is 0.296. The largest absolute Gasteiger partial charge is 0.439 e. The summed E-state index contributed by atoms with van der Waals surface area (Å²) in [7, 11) is 1.93. The normalized spacial score (nSPS) is 12.2. The first kappa shape index (κ1) is 13.3. The molecule has 18 heavy (non-hydrogen) atoms. The van der Waals surface area contributed by atoms with Crippen LogP contribution in [-0.4, -0.2) is 12.0 Å². The molecule has 0 radical (unpaired) electrons. The quantitative estimate of drug-likeness (QED) is 0.849. The summed E-state index contributed by atoms with van der Waals surface area (Å²) in [6.07, 6.45) is 1.84. The standard InChI is InChI=1S/C14H15IN2O/c1-10(16-2)11-6-7-14(17-9-11)18-13-5-3-4-12(15)8-13/h3-10,16H,1-2H3. The maximum Gasteiger partial charge on any atom is 0.219 e. The van der Waals surface area contributed by atoms with Crippen molar-refractivity contribution in [3.05, 3.63) is 51.7 Å². The number of hydrogen-bond acceptors (Lipinski definition) is 3. The average molecular weight is 354 g/mol. The highest BCUT2D eigenvalue weighted by atomic mass is 127. The highest BCUT2D eigenvalue weighted by Crippen LogP contribution is 2.22. The maximum atomic E-state index is 5.69. The second kappa shape index (κ2) is 6.15. The molecule has 0 bridgehead atoms. The Kier molecular flexibility index (Phi) is 4.54. The highest BCUT2D eigenvalue weighted by molar-refractivity contribution is 14.1. The fraction of sp³-hybridized carbons (Fsp3) is 0.214. The molecule has 4 heteroatoms. The lowest BCUT2D eigenvalue weighted by Crippen LogP contribution is -2.12. The van der Waals surface area contributed by atoms with E-state index >= 15 is 0 Å². The van der Waals surface area contributed by atoms with Gasteiger partial charge in [-0.25, -0.2) is 4.98 Å². The molecule has 1 heterocycles. The lowest BCUT2D eigenvalue weighted by Gasteiger charge is -2.10. The highest BCUT2D eigenvalue weighted by Gasteiger charge is 2.04. The van der Waals surface area contributed by atoms with Crippen LogP contribution >= 0.6 is 22.6 Å². The van der Waals surface area contributed by atoms with E-state index in [0.717, 1.165) is 14.9 Å². The molecule has 0 fully saturated rings. The van der Waals surface area contributed by atoms with Gasteiger partial charge < -0.3 is 10.1 Å². The molecule has 0 saturated carbocycles. The zero-order valence-electron chi connectivity index (χ0n) is 10.4. The van der Waals surface area contributed by atoms with Gasteiger partial charge in [0.25, 0.3) is 0 Å². The van der Waals surface area contributed by atoms with Crippen molar-refractivity contribution in [2.75, 3.05) is 7.05 Å². The molecular formula is C14H15IN2O. The fourth-order valence-corrected chi connectivity index (χ4v) is 2.04. The van der Waals surface area contributed by atoms with Crippen molar-refractivity contribution in [1.82, 2.24) is 10.3 Å². The van der Waals surface area contributed by atoms with Gasteiger partial charge in [-0.05, 0) is 60.3 Å². The Morgan fingerprint density at radius 1 is 1.28 bits per heavy atom. The molecule has 0 aliphatic carbocycles. The summed E-state index contributed by atoms with van der Waals surface area (Å²) in [6, 6.07) is 12.1. The van der Waals surface area contributed by atoms with Crippen molar-refractivity contribution in [2.45, 2.75) is 13.0 Å². The van der Waals surface area contributed by atoms with Crippen LogP contribution < -0.4 is 10.1 Å². The van der Waals surface area contributed by atoms with Crippen LogP contribution in [0.4, 0.5) is 0 Å². The Morgan fingerprint density at radius 2 is 2.11 bits per heavy atom. The van der Waals surface area contributed by atoms with E-state index < -0.39 is 0 Å². The molecule has 1 atom stereocenters. The first-order valence-corrected chi connectivity index (χ1v) is 6.83. The average Bonchev–Trinajstić information content (AvgIpc) is 2.39. The van der Waals surface area contributed by atoms with Crippen molar-refractivity contribution in [1.29, 1.82) is 0 Å². The summed E-state index contributed by atoms with van der Waals surface area (Å²) in [5.41, 5.74) is 1.15. The number of ether oxygens (including phenoxy) is 1. The molecule has 0 saturated heterocycles. The monoisotopic (exact) mass is 354 g/mol. The van der Waals surface area contributed by atoms with Crippen LogP contribution in [0.2, 0.25) is 0 Å². The van der Waals surface area contributed by atoms with Gasteiger partial charge in [-0.15, -0.1) is 0 Å². The van der Waals surface area contributed by atoms with E-state index in [2.05, 4.69) is 39.8 Å². The third-order valence-corrected chi connectivity index (χ3v) is 3.38. The number of nitrogens with one attached hydrogen (secondary N) is 1. The molecule has 0 aliphatic heterocycles. The number of pyridine rings is 1. The summed E-state index contributed by atoms with van der Waals surface area (Å²) in [5.74, 6) is 1.42. The van der Waals surface area contributed by atoms with Crippen molar-refractivity contribution >= 4 is 22.6 Å². The summed E-state index contributed by atoms with van der Waals surface area (Å²) in [4.78, 5) is 4.31. The van der Waals surface area contributed by atoms with E-state index in [4.69, 9.17) is 4.74 Å². The number of rotatable bonds is 4. The van der Waals surface area contributed by atoms with Gasteiger partial charge >= 0.3 is 0 Å². The van der Waals surface area contributed by atoms with E-state index in [1.165, 1.54) is 0 Å². The number of nitrogens with zero attached hydrogens (tertiary/aromatic N) is 1. The van der Waals surface area contributed by atoms with E-state index in [1.807, 2.05) is 49.6 Å². The Balaban J connectivity index is 2.11. The first-order chi connectivity index (χ1) is 8.69. The van der Waals surface area contributed by atoms with E-state index in [9.17, 15) is 0 Å². The van der Waals surface area contributed by atoms with Gasteiger partial charge in [-0.2, -0.15) is 0 Å². The summed E-state index contributed by atoms with van der Waals surface area (Å²) in [5, 5.41) is 3.18. The van der Waals surface area contributed by atoms with Gasteiger partial charge in [0.05, 0.1) is 0 Å². The van der Waals surface area contributed by atoms with Gasteiger partial charge in [0.15, 0.2) is 0 Å². The SMILES string of the molecule is CNC(C)c1ccc(Oc2cccc(I)c2)nc1. The van der Waals surface area contributed by atoms with Crippen LogP contribution in [0.5, 0.6) is 11.6 Å². The minimum Gasteiger partial charge on any atom is -0.439 e. The van der Waals surface area contributed by atoms with Gasteiger partial charge in [0, 0.05) is 21.9 Å². The molecule has 3 nitrogen and oxygen atoms in total. The van der Waals surface area contributed by atoms with Crippen LogP contribution in [0.1, 0.15) is 18.5 Å². The van der Waals surface area contributed by atoms with E-state index in [-0.39, 0.29) is 0 Å². The minimum atomic E-state index is 0.296. The van der Waals surface area contributed by atoms with Gasteiger partial charge in [0.1, 0.15) is 5.75 Å². The summed E-state index contributed by atoms with van der Waals surface area (Å²) in [6.45, 7) is 2.09. The third kappa shape index (κ3) is 3.43. The zero-order valence-corrected chi connectivity index (χ0v) is 12.5. The Hall–Kier alpha value is -1.14. The Labute approximate surface area is 121 Å². The Bertz CT molecular complexity index is 513. The fourth-order valence-electron chi connectivity index (χ4n) is 1.53. The third-order valence-electron chi connectivity index (χ3n) is 2.71. The predicted octanol–water partition coefficient (Wildman–Crippen LogP) is 3.76. The van der Waals surface area contributed by atoms with Crippen LogP contribution in [0, 0.1) is 3.57 Å². The van der Waals surface area contributed by atoms with Crippen molar-refractivity contribution in [3.63, 3.8) is 0 Å². The van der Waals surface area contributed by atoms with Crippen LogP contribution in [-0.2, 0) is 0 Å². The number of aromatic nitrogens is 1. The molecule has 0 amide bonds. The van der Waals surface area contributed by atoms with Crippen LogP contribution in [0.3, 0.4) is 0 Å². The molecule has 1 N–H and O–H groups in total. The molecule has 1 aromatic carbocycles. The lowest BCUT2D eigenvalue weighted by atomic mass is 10.1. The molecule has 0 spiro atoms. The predicted molar refractivity (Wildman–Crippen MR) is 80.9 cm³/mol. The Morgan fingerprint density at radius 3 is 2.72 bits per heavy atom. The summed E-state index contributed by atoms with van der Waals surface area (Å²) >= 11 is 2.26. The zero-order chi connectivity index (χ0) is 13.0. The first-order valence-electron chi connectivity index (χ1n) is 5.75. The van der Waals surface area contributed by atoms with Gasteiger partial charge in [-0.1, -0.05) is 12.1 Å². The van der Waals surface area contributed by atoms with Crippen molar-refractivity contribution in [2.24, 2.45) is 0 Å². The molecule has 2 rings (SSSR count). The van der Waals surface area contributed by atoms with E-state index in [1.54, 1.807) is 0 Å². The number of benzene rings is 1. The molecule has 94 valence electrons. The smallest absolute Gasteiger partial charge is 0.219 e. The van der Waals surface area contributed by atoms with Crippen LogP contribution in [0.25, 0.3) is 0 Å². The van der Waals surface area contributed by atoms with Crippen molar-refractivity contribution < 1.29 is 4.74 Å². The number of halogens is 1. The summed E-state index contributed by atoms with van der Waals surface area (Å²) < 4.78 is 6.84. The molecule has 0 aliphatic rings. The molecule has 1 unspecified atom stereocenters. The molecule has 2 aromatic rings. The lowest BCUT2D eigenvalue weighted by molar-refractivity contribution is 0.461. The number of hydrogen-bond donors (Lipinski definition) is 1. The van der Waals surface area contributed by atoms with Crippen LogP contribution in [0.15, 0.2) is 42.6 Å². The topological polar surface area (TPSA) is 34.1 Å². The molecular weight excluding hydrogens is 339 g/mol. The van der Waals surface area contributed by atoms with Gasteiger partial charge in [-0.3, -0.25) is 0 Å². The second-order valence-electron chi connectivity index (χ2n) is 4.00. The van der Waals surface area contributed by atoms with E-state index in [0.29, 0.717) is 11.9 Å². The second-order valence-corrected chi connectivity index (χ2v) is 5.25. The van der Waals surface area contributed by atoms with Gasteiger partial charge in [0.2, 0.25) is 5.88 Å². The maximum absolute atomic E-state index is 5.69. The van der Waals surface area contributed by atoms with Crippen molar-refractivity contribution in [3.8, 4) is 11.6 Å². The molecule has 1 aromatic heterocycles.